The number of primary sulfonamides is 1. The summed E-state index contributed by atoms with van der Waals surface area (Å²) in [6.45, 7) is 10.1. The summed E-state index contributed by atoms with van der Waals surface area (Å²) in [5.74, 6) is 0.223. The topological polar surface area (TPSA) is 101 Å². The Hall–Kier alpha value is -1.44. The van der Waals surface area contributed by atoms with Crippen LogP contribution >= 0.6 is 0 Å². The van der Waals surface area contributed by atoms with E-state index in [1.807, 2.05) is 6.92 Å². The molecule has 1 atom stereocenters. The normalized spacial score (nSPS) is 13.2. The van der Waals surface area contributed by atoms with Crippen molar-refractivity contribution in [2.24, 2.45) is 11.1 Å². The van der Waals surface area contributed by atoms with Crippen LogP contribution in [-0.4, -0.2) is 26.9 Å². The number of nitrogens with two attached hydrogens (primary N) is 1. The van der Waals surface area contributed by atoms with E-state index in [-0.39, 0.29) is 23.4 Å². The molecule has 0 aromatic heterocycles. The van der Waals surface area contributed by atoms with Crippen molar-refractivity contribution in [3.63, 3.8) is 0 Å². The largest absolute Gasteiger partial charge is 0.325 e. The fourth-order valence-corrected chi connectivity index (χ4v) is 3.01. The molecule has 0 heterocycles. The van der Waals surface area contributed by atoms with E-state index in [1.54, 1.807) is 6.92 Å². The van der Waals surface area contributed by atoms with E-state index in [2.05, 4.69) is 31.4 Å². The molecule has 1 aromatic carbocycles. The summed E-state index contributed by atoms with van der Waals surface area (Å²) < 4.78 is 23.0. The summed E-state index contributed by atoms with van der Waals surface area (Å²) >= 11 is 0. The zero-order chi connectivity index (χ0) is 17.8. The summed E-state index contributed by atoms with van der Waals surface area (Å²) in [5.41, 5.74) is 2.05. The quantitative estimate of drug-likeness (QED) is 0.705. The van der Waals surface area contributed by atoms with Crippen LogP contribution in [0.15, 0.2) is 17.0 Å². The molecular weight excluding hydrogens is 314 g/mol. The first-order valence-electron chi connectivity index (χ1n) is 7.73. The number of anilines is 1. The molecule has 0 spiro atoms. The van der Waals surface area contributed by atoms with Crippen LogP contribution in [0.1, 0.15) is 38.3 Å². The minimum Gasteiger partial charge on any atom is -0.325 e. The fraction of sp³-hybridized carbons (Fsp3) is 0.562. The maximum atomic E-state index is 12.1. The maximum Gasteiger partial charge on any atom is 0.238 e. The first-order chi connectivity index (χ1) is 10.6. The standard InChI is InChI=1S/C16H27N3O3S/c1-6-14(10(2)3)18-9-16(20)19-15-8-13(23(17,21)22)7-11(4)12(15)5/h7-8,10,14,18H,6,9H2,1-5H3,(H,19,20)(H2,17,21,22). The van der Waals surface area contributed by atoms with Gasteiger partial charge in [-0.25, -0.2) is 13.6 Å². The number of aryl methyl sites for hydroxylation is 1. The van der Waals surface area contributed by atoms with Crippen molar-refractivity contribution >= 4 is 21.6 Å². The molecule has 4 N–H and O–H groups in total. The molecule has 0 bridgehead atoms. The molecular formula is C16H27N3O3S. The van der Waals surface area contributed by atoms with Crippen LogP contribution in [-0.2, 0) is 14.8 Å². The Balaban J connectivity index is 2.88. The molecule has 0 aliphatic carbocycles. The third-order valence-corrected chi connectivity index (χ3v) is 4.91. The van der Waals surface area contributed by atoms with E-state index in [9.17, 15) is 13.2 Å². The van der Waals surface area contributed by atoms with Gasteiger partial charge in [0.15, 0.2) is 0 Å². The number of amides is 1. The maximum absolute atomic E-state index is 12.1. The van der Waals surface area contributed by atoms with E-state index < -0.39 is 10.0 Å². The first-order valence-corrected chi connectivity index (χ1v) is 9.28. The van der Waals surface area contributed by atoms with Crippen LogP contribution in [0, 0.1) is 19.8 Å². The molecule has 1 unspecified atom stereocenters. The summed E-state index contributed by atoms with van der Waals surface area (Å²) in [6, 6.07) is 3.17. The lowest BCUT2D eigenvalue weighted by Gasteiger charge is -2.20. The molecule has 23 heavy (non-hydrogen) atoms. The molecule has 0 aliphatic heterocycles. The van der Waals surface area contributed by atoms with E-state index >= 15 is 0 Å². The number of benzene rings is 1. The minimum absolute atomic E-state index is 0.00234. The monoisotopic (exact) mass is 341 g/mol. The number of carbonyl (C=O) groups is 1. The molecule has 0 aliphatic rings. The molecule has 1 rings (SSSR count). The highest BCUT2D eigenvalue weighted by molar-refractivity contribution is 7.89. The summed E-state index contributed by atoms with van der Waals surface area (Å²) in [4.78, 5) is 12.1. The van der Waals surface area contributed by atoms with Gasteiger partial charge in [-0.15, -0.1) is 0 Å². The predicted octanol–water partition coefficient (Wildman–Crippen LogP) is 1.91. The predicted molar refractivity (Wildman–Crippen MR) is 92.8 cm³/mol. The summed E-state index contributed by atoms with van der Waals surface area (Å²) in [5, 5.41) is 11.1. The third-order valence-electron chi connectivity index (χ3n) is 4.01. The van der Waals surface area contributed by atoms with Gasteiger partial charge in [0.2, 0.25) is 15.9 Å². The molecule has 6 nitrogen and oxygen atoms in total. The average molecular weight is 341 g/mol. The Bertz CT molecular complexity index is 669. The molecule has 0 saturated carbocycles. The number of hydrogen-bond donors (Lipinski definition) is 3. The molecule has 0 fully saturated rings. The van der Waals surface area contributed by atoms with Gasteiger partial charge in [0, 0.05) is 11.7 Å². The smallest absolute Gasteiger partial charge is 0.238 e. The first kappa shape index (κ1) is 19.6. The van der Waals surface area contributed by atoms with Crippen molar-refractivity contribution in [1.29, 1.82) is 0 Å². The lowest BCUT2D eigenvalue weighted by molar-refractivity contribution is -0.115. The van der Waals surface area contributed by atoms with E-state index in [4.69, 9.17) is 5.14 Å². The average Bonchev–Trinajstić information content (AvgIpc) is 2.42. The second kappa shape index (κ2) is 7.90. The van der Waals surface area contributed by atoms with Crippen LogP contribution in [0.4, 0.5) is 5.69 Å². The van der Waals surface area contributed by atoms with Crippen molar-refractivity contribution in [3.05, 3.63) is 23.3 Å². The molecule has 1 aromatic rings. The van der Waals surface area contributed by atoms with Gasteiger partial charge in [-0.3, -0.25) is 4.79 Å². The van der Waals surface area contributed by atoms with E-state index in [0.717, 1.165) is 17.5 Å². The van der Waals surface area contributed by atoms with Gasteiger partial charge in [0.1, 0.15) is 0 Å². The van der Waals surface area contributed by atoms with Crippen LogP contribution in [0.2, 0.25) is 0 Å². The van der Waals surface area contributed by atoms with Crippen molar-refractivity contribution in [1.82, 2.24) is 5.32 Å². The number of hydrogen-bond acceptors (Lipinski definition) is 4. The van der Waals surface area contributed by atoms with Gasteiger partial charge in [0.05, 0.1) is 11.4 Å². The van der Waals surface area contributed by atoms with Gasteiger partial charge >= 0.3 is 0 Å². The highest BCUT2D eigenvalue weighted by Crippen LogP contribution is 2.23. The highest BCUT2D eigenvalue weighted by atomic mass is 32.2. The minimum atomic E-state index is -3.81. The lowest BCUT2D eigenvalue weighted by Crippen LogP contribution is -2.38. The molecule has 0 saturated heterocycles. The molecule has 130 valence electrons. The molecule has 1 amide bonds. The zero-order valence-corrected chi connectivity index (χ0v) is 15.3. The van der Waals surface area contributed by atoms with Crippen LogP contribution in [0.5, 0.6) is 0 Å². The second-order valence-corrected chi connectivity index (χ2v) is 7.71. The number of carbonyl (C=O) groups excluding carboxylic acids is 1. The zero-order valence-electron chi connectivity index (χ0n) is 14.4. The summed E-state index contributed by atoms with van der Waals surface area (Å²) in [7, 11) is -3.81. The van der Waals surface area contributed by atoms with E-state index in [0.29, 0.717) is 11.6 Å². The SMILES string of the molecule is CCC(NCC(=O)Nc1cc(S(N)(=O)=O)cc(C)c1C)C(C)C. The van der Waals surface area contributed by atoms with E-state index in [1.165, 1.54) is 12.1 Å². The Labute approximate surface area is 138 Å². The van der Waals surface area contributed by atoms with Gasteiger partial charge in [-0.1, -0.05) is 20.8 Å². The molecule has 0 radical (unpaired) electrons. The number of nitrogens with one attached hydrogen (secondary N) is 2. The van der Waals surface area contributed by atoms with Crippen LogP contribution in [0.25, 0.3) is 0 Å². The lowest BCUT2D eigenvalue weighted by atomic mass is 10.0. The Kier molecular flexibility index (Phi) is 6.73. The Morgan fingerprint density at radius 1 is 1.26 bits per heavy atom. The Morgan fingerprint density at radius 3 is 2.35 bits per heavy atom. The van der Waals surface area contributed by atoms with Crippen molar-refractivity contribution in [2.75, 3.05) is 11.9 Å². The van der Waals surface area contributed by atoms with Crippen LogP contribution < -0.4 is 15.8 Å². The van der Waals surface area contributed by atoms with Crippen molar-refractivity contribution in [2.45, 2.75) is 52.0 Å². The van der Waals surface area contributed by atoms with Crippen molar-refractivity contribution < 1.29 is 13.2 Å². The van der Waals surface area contributed by atoms with Crippen LogP contribution in [0.3, 0.4) is 0 Å². The van der Waals surface area contributed by atoms with Gasteiger partial charge in [-0.2, -0.15) is 0 Å². The third kappa shape index (κ3) is 5.60. The Morgan fingerprint density at radius 2 is 1.87 bits per heavy atom. The number of sulfonamides is 1. The van der Waals surface area contributed by atoms with Crippen molar-refractivity contribution in [3.8, 4) is 0 Å². The van der Waals surface area contributed by atoms with Gasteiger partial charge in [0.25, 0.3) is 0 Å². The molecule has 7 heteroatoms. The van der Waals surface area contributed by atoms with Gasteiger partial charge in [-0.05, 0) is 49.4 Å². The summed E-state index contributed by atoms with van der Waals surface area (Å²) in [6.07, 6.45) is 0.935. The highest BCUT2D eigenvalue weighted by Gasteiger charge is 2.15. The fourth-order valence-electron chi connectivity index (χ4n) is 2.39. The number of rotatable bonds is 7. The second-order valence-electron chi connectivity index (χ2n) is 6.15. The van der Waals surface area contributed by atoms with Gasteiger partial charge < -0.3 is 10.6 Å².